The highest BCUT2D eigenvalue weighted by Crippen LogP contribution is 2.42. The van der Waals surface area contributed by atoms with Crippen molar-refractivity contribution in [2.75, 3.05) is 4.81 Å². The normalized spacial score (nSPS) is 12.3. The fourth-order valence-corrected chi connectivity index (χ4v) is 5.71. The van der Waals surface area contributed by atoms with Gasteiger partial charge in [0.15, 0.2) is 0 Å². The van der Waals surface area contributed by atoms with E-state index in [4.69, 9.17) is 0 Å². The fourth-order valence-electron chi connectivity index (χ4n) is 5.71. The summed E-state index contributed by atoms with van der Waals surface area (Å²) in [6.45, 7) is 0.0979. The van der Waals surface area contributed by atoms with Crippen LogP contribution in [0.5, 0.6) is 0 Å². The summed E-state index contributed by atoms with van der Waals surface area (Å²) in [4.78, 5) is 2.50. The van der Waals surface area contributed by atoms with Crippen LogP contribution in [0.15, 0.2) is 146 Å². The van der Waals surface area contributed by atoms with Gasteiger partial charge in [0.05, 0.1) is 0 Å². The first-order chi connectivity index (χ1) is 17.9. The Bertz CT molecular complexity index is 1690. The Labute approximate surface area is 212 Å². The van der Waals surface area contributed by atoms with Gasteiger partial charge in [-0.15, -0.1) is 0 Å². The molecule has 0 N–H and O–H groups in total. The van der Waals surface area contributed by atoms with E-state index in [0.29, 0.717) is 0 Å². The maximum absolute atomic E-state index is 2.50. The predicted octanol–water partition coefficient (Wildman–Crippen LogP) is 7.43. The van der Waals surface area contributed by atoms with Gasteiger partial charge >= 0.3 is 6.85 Å². The monoisotopic (exact) mass is 457 g/mol. The Morgan fingerprint density at radius 2 is 1.14 bits per heavy atom. The minimum Gasteiger partial charge on any atom is -0.376 e. The molecule has 7 rings (SSSR count). The summed E-state index contributed by atoms with van der Waals surface area (Å²) in [6, 6.07) is 52.7. The zero-order valence-electron chi connectivity index (χ0n) is 19.9. The van der Waals surface area contributed by atoms with Gasteiger partial charge < -0.3 is 4.81 Å². The zero-order chi connectivity index (χ0) is 23.9. The molecule has 0 amide bonds. The molecule has 0 aliphatic carbocycles. The standard InChI is InChI=1S/C34H24BN/c1-3-14-27(15-4-1)35-33-21-10-9-19-31(33)32-24-26(30-20-11-13-25-12-7-8-18-29(25)30)22-23-34(32)36(35)28-16-5-2-6-17-28/h1-24H. The van der Waals surface area contributed by atoms with Crippen LogP contribution in [0.2, 0.25) is 0 Å². The lowest BCUT2D eigenvalue weighted by Crippen LogP contribution is -2.57. The Balaban J connectivity index is 1.50. The average molecular weight is 457 g/mol. The summed E-state index contributed by atoms with van der Waals surface area (Å²) in [6.07, 6.45) is 0. The highest BCUT2D eigenvalue weighted by Gasteiger charge is 2.36. The van der Waals surface area contributed by atoms with E-state index >= 15 is 0 Å². The van der Waals surface area contributed by atoms with Crippen LogP contribution in [-0.2, 0) is 0 Å². The second-order valence-electron chi connectivity index (χ2n) is 9.36. The summed E-state index contributed by atoms with van der Waals surface area (Å²) in [5.74, 6) is 0. The molecule has 1 aliphatic rings. The highest BCUT2D eigenvalue weighted by molar-refractivity contribution is 6.90. The zero-order valence-corrected chi connectivity index (χ0v) is 19.9. The maximum Gasteiger partial charge on any atom is 0.328 e. The van der Waals surface area contributed by atoms with E-state index in [9.17, 15) is 0 Å². The Morgan fingerprint density at radius 3 is 2.00 bits per heavy atom. The molecular weight excluding hydrogens is 433 g/mol. The summed E-state index contributed by atoms with van der Waals surface area (Å²) >= 11 is 0. The number of fused-ring (bicyclic) bond motifs is 4. The van der Waals surface area contributed by atoms with E-state index in [1.165, 1.54) is 55.3 Å². The van der Waals surface area contributed by atoms with Crippen LogP contribution in [0.4, 0.5) is 11.4 Å². The summed E-state index contributed by atoms with van der Waals surface area (Å²) in [7, 11) is 0. The van der Waals surface area contributed by atoms with Crippen LogP contribution in [-0.4, -0.2) is 6.85 Å². The molecule has 6 aromatic rings. The van der Waals surface area contributed by atoms with Gasteiger partial charge in [-0.1, -0.05) is 127 Å². The van der Waals surface area contributed by atoms with Gasteiger partial charge in [-0.3, -0.25) is 0 Å². The van der Waals surface area contributed by atoms with Crippen molar-refractivity contribution in [2.24, 2.45) is 0 Å². The molecular formula is C34H24BN. The molecule has 36 heavy (non-hydrogen) atoms. The van der Waals surface area contributed by atoms with E-state index in [2.05, 4.69) is 150 Å². The van der Waals surface area contributed by atoms with E-state index in [0.717, 1.165) is 0 Å². The second kappa shape index (κ2) is 8.59. The van der Waals surface area contributed by atoms with Crippen LogP contribution >= 0.6 is 0 Å². The number of hydrogen-bond acceptors (Lipinski definition) is 1. The number of anilines is 2. The number of benzene rings is 6. The van der Waals surface area contributed by atoms with E-state index in [1.54, 1.807) is 0 Å². The first kappa shape index (κ1) is 20.8. The molecule has 1 nitrogen and oxygen atoms in total. The predicted molar refractivity (Wildman–Crippen MR) is 155 cm³/mol. The molecule has 0 saturated heterocycles. The first-order valence-corrected chi connectivity index (χ1v) is 12.5. The van der Waals surface area contributed by atoms with Crippen LogP contribution in [0, 0.1) is 0 Å². The van der Waals surface area contributed by atoms with Crippen LogP contribution < -0.4 is 15.7 Å². The van der Waals surface area contributed by atoms with Gasteiger partial charge in [-0.2, -0.15) is 0 Å². The van der Waals surface area contributed by atoms with Crippen molar-refractivity contribution in [1.29, 1.82) is 0 Å². The van der Waals surface area contributed by atoms with Gasteiger partial charge in [-0.25, -0.2) is 0 Å². The van der Waals surface area contributed by atoms with E-state index in [-0.39, 0.29) is 6.85 Å². The van der Waals surface area contributed by atoms with Crippen molar-refractivity contribution in [3.63, 3.8) is 0 Å². The molecule has 0 spiro atoms. The molecule has 1 heterocycles. The molecule has 6 aromatic carbocycles. The minimum atomic E-state index is 0.0979. The van der Waals surface area contributed by atoms with Gasteiger partial charge in [0, 0.05) is 16.9 Å². The molecule has 0 aromatic heterocycles. The minimum absolute atomic E-state index is 0.0979. The third-order valence-corrected chi connectivity index (χ3v) is 7.31. The Hall–Kier alpha value is -4.56. The Kier molecular flexibility index (Phi) is 4.96. The highest BCUT2D eigenvalue weighted by atomic mass is 15.1. The number of nitrogens with zero attached hydrogens (tertiary/aromatic N) is 1. The Morgan fingerprint density at radius 1 is 0.472 bits per heavy atom. The van der Waals surface area contributed by atoms with Crippen molar-refractivity contribution in [3.05, 3.63) is 146 Å². The van der Waals surface area contributed by atoms with Crippen molar-refractivity contribution >= 4 is 39.9 Å². The lowest BCUT2D eigenvalue weighted by atomic mass is 9.45. The fraction of sp³-hybridized carbons (Fsp3) is 0. The number of hydrogen-bond donors (Lipinski definition) is 0. The SMILES string of the molecule is c1ccc(B2c3ccccc3-c3cc(-c4cccc5ccccc45)ccc3N2c2ccccc2)cc1. The van der Waals surface area contributed by atoms with Gasteiger partial charge in [0.2, 0.25) is 0 Å². The first-order valence-electron chi connectivity index (χ1n) is 12.5. The summed E-state index contributed by atoms with van der Waals surface area (Å²) in [5.41, 5.74) is 10.1. The quantitative estimate of drug-likeness (QED) is 0.250. The molecule has 0 unspecified atom stereocenters. The lowest BCUT2D eigenvalue weighted by molar-refractivity contribution is 1.36. The van der Waals surface area contributed by atoms with E-state index in [1.807, 2.05) is 0 Å². The van der Waals surface area contributed by atoms with Crippen LogP contribution in [0.1, 0.15) is 0 Å². The van der Waals surface area contributed by atoms with Crippen LogP contribution in [0.3, 0.4) is 0 Å². The smallest absolute Gasteiger partial charge is 0.328 e. The summed E-state index contributed by atoms with van der Waals surface area (Å²) in [5, 5.41) is 2.55. The van der Waals surface area contributed by atoms with Gasteiger partial charge in [0.25, 0.3) is 0 Å². The van der Waals surface area contributed by atoms with Crippen molar-refractivity contribution in [1.82, 2.24) is 0 Å². The molecule has 0 saturated carbocycles. The second-order valence-corrected chi connectivity index (χ2v) is 9.36. The maximum atomic E-state index is 2.50. The van der Waals surface area contributed by atoms with Crippen LogP contribution in [0.25, 0.3) is 33.0 Å². The molecule has 0 fully saturated rings. The number of rotatable bonds is 3. The largest absolute Gasteiger partial charge is 0.376 e. The molecule has 1 aliphatic heterocycles. The molecule has 0 atom stereocenters. The van der Waals surface area contributed by atoms with Crippen molar-refractivity contribution in [3.8, 4) is 22.3 Å². The summed E-state index contributed by atoms with van der Waals surface area (Å²) < 4.78 is 0. The molecule has 0 radical (unpaired) electrons. The molecule has 168 valence electrons. The topological polar surface area (TPSA) is 3.24 Å². The molecule has 0 bridgehead atoms. The van der Waals surface area contributed by atoms with E-state index < -0.39 is 0 Å². The average Bonchev–Trinajstić information content (AvgIpc) is 2.97. The third kappa shape index (κ3) is 3.34. The third-order valence-electron chi connectivity index (χ3n) is 7.31. The number of para-hydroxylation sites is 1. The van der Waals surface area contributed by atoms with Gasteiger partial charge in [-0.05, 0) is 57.2 Å². The van der Waals surface area contributed by atoms with Crippen molar-refractivity contribution < 1.29 is 0 Å². The van der Waals surface area contributed by atoms with Crippen molar-refractivity contribution in [2.45, 2.75) is 0 Å². The lowest BCUT2D eigenvalue weighted by Gasteiger charge is -2.39. The molecule has 2 heteroatoms. The van der Waals surface area contributed by atoms with Gasteiger partial charge in [0.1, 0.15) is 0 Å².